The van der Waals surface area contributed by atoms with Crippen molar-refractivity contribution in [2.24, 2.45) is 0 Å². The highest BCUT2D eigenvalue weighted by atomic mass is 32.8. The second-order valence-corrected chi connectivity index (χ2v) is 5.50. The molecule has 0 bridgehead atoms. The summed E-state index contributed by atoms with van der Waals surface area (Å²) in [6.45, 7) is 0. The number of phenolic OH excluding ortho intramolecular Hbond substituents is 4. The molecule has 0 saturated heterocycles. The summed E-state index contributed by atoms with van der Waals surface area (Å²) >= 11 is 0. The first-order valence-corrected chi connectivity index (χ1v) is 7.48. The lowest BCUT2D eigenvalue weighted by Gasteiger charge is -2.09. The second-order valence-electron chi connectivity index (χ2n) is 3.88. The van der Waals surface area contributed by atoms with Crippen molar-refractivity contribution >= 4 is 25.0 Å². The zero-order chi connectivity index (χ0) is 14.7. The molecule has 2 rings (SSSR count). The van der Waals surface area contributed by atoms with E-state index in [9.17, 15) is 24.6 Å². The number of aromatic hydroxyl groups is 4. The van der Waals surface area contributed by atoms with E-state index < -0.39 is 0 Å². The Hall–Kier alpha value is -2.25. The van der Waals surface area contributed by atoms with Crippen LogP contribution in [0.2, 0.25) is 0 Å². The van der Waals surface area contributed by atoms with E-state index in [0.717, 1.165) is 22.0 Å². The van der Waals surface area contributed by atoms with E-state index >= 15 is 0 Å². The molecule has 0 amide bonds. The SMILES string of the molecule is O=S=S=C(c1ccc(O)cc1O)c1ccc(O)cc1O. The third-order valence-corrected chi connectivity index (χ3v) is 3.95. The fourth-order valence-corrected chi connectivity index (χ4v) is 3.03. The molecule has 0 saturated carbocycles. The van der Waals surface area contributed by atoms with E-state index in [2.05, 4.69) is 0 Å². The average Bonchev–Trinajstić information content (AvgIpc) is 2.37. The van der Waals surface area contributed by atoms with Crippen LogP contribution in [0.1, 0.15) is 11.1 Å². The smallest absolute Gasteiger partial charge is 0.157 e. The molecule has 0 aliphatic heterocycles. The van der Waals surface area contributed by atoms with Crippen LogP contribution in [0.15, 0.2) is 36.4 Å². The molecule has 0 atom stereocenters. The minimum Gasteiger partial charge on any atom is -0.508 e. The molecule has 0 aliphatic carbocycles. The largest absolute Gasteiger partial charge is 0.508 e. The third-order valence-electron chi connectivity index (χ3n) is 2.57. The van der Waals surface area contributed by atoms with Crippen LogP contribution in [0, 0.1) is 0 Å². The highest BCUT2D eigenvalue weighted by molar-refractivity contribution is 8.20. The van der Waals surface area contributed by atoms with E-state index in [1.54, 1.807) is 0 Å². The molecule has 104 valence electrons. The van der Waals surface area contributed by atoms with Gasteiger partial charge in [0.25, 0.3) is 0 Å². The quantitative estimate of drug-likeness (QED) is 0.495. The summed E-state index contributed by atoms with van der Waals surface area (Å²) in [5, 5.41) is 38.3. The van der Waals surface area contributed by atoms with Crippen molar-refractivity contribution in [2.45, 2.75) is 0 Å². The fraction of sp³-hybridized carbons (Fsp3) is 0. The molecule has 0 heterocycles. The molecule has 0 aliphatic rings. The van der Waals surface area contributed by atoms with E-state index in [0.29, 0.717) is 16.0 Å². The molecule has 7 heteroatoms. The Labute approximate surface area is 120 Å². The van der Waals surface area contributed by atoms with Crippen LogP contribution in [0.3, 0.4) is 0 Å². The van der Waals surface area contributed by atoms with Gasteiger partial charge in [0.2, 0.25) is 0 Å². The molecule has 0 spiro atoms. The molecule has 0 radical (unpaired) electrons. The van der Waals surface area contributed by atoms with E-state index in [1.807, 2.05) is 0 Å². The predicted octanol–water partition coefficient (Wildman–Crippen LogP) is 1.29. The molecule has 0 unspecified atom stereocenters. The monoisotopic (exact) mass is 310 g/mol. The normalized spacial score (nSPS) is 10.0. The van der Waals surface area contributed by atoms with Crippen LogP contribution in [-0.2, 0) is 20.1 Å². The van der Waals surface area contributed by atoms with Gasteiger partial charge in [0.15, 0.2) is 10.2 Å². The molecular weight excluding hydrogens is 300 g/mol. The van der Waals surface area contributed by atoms with Gasteiger partial charge in [0.05, 0.1) is 4.86 Å². The van der Waals surface area contributed by atoms with Gasteiger partial charge >= 0.3 is 0 Å². The number of hydrogen-bond donors (Lipinski definition) is 4. The van der Waals surface area contributed by atoms with Crippen molar-refractivity contribution in [3.63, 3.8) is 0 Å². The summed E-state index contributed by atoms with van der Waals surface area (Å²) in [6.07, 6.45) is 0. The number of phenols is 4. The Bertz CT molecular complexity index is 706. The molecule has 2 aromatic rings. The number of benzene rings is 2. The zero-order valence-corrected chi connectivity index (χ0v) is 11.6. The van der Waals surface area contributed by atoms with Crippen molar-refractivity contribution in [1.82, 2.24) is 0 Å². The summed E-state index contributed by atoms with van der Waals surface area (Å²) in [5.74, 6) is -0.649. The third kappa shape index (κ3) is 2.84. The highest BCUT2D eigenvalue weighted by Crippen LogP contribution is 2.29. The lowest BCUT2D eigenvalue weighted by atomic mass is 10.0. The summed E-state index contributed by atoms with van der Waals surface area (Å²) in [6, 6.07) is 7.89. The van der Waals surface area contributed by atoms with Gasteiger partial charge in [-0.3, -0.25) is 0 Å². The molecule has 4 N–H and O–H groups in total. The maximum absolute atomic E-state index is 10.8. The lowest BCUT2D eigenvalue weighted by Crippen LogP contribution is -2.03. The molecule has 20 heavy (non-hydrogen) atoms. The van der Waals surface area contributed by atoms with Gasteiger partial charge in [-0.15, -0.1) is 0 Å². The Kier molecular flexibility index (Phi) is 4.11. The van der Waals surface area contributed by atoms with E-state index in [1.165, 1.54) is 24.3 Å². The van der Waals surface area contributed by atoms with Crippen molar-refractivity contribution < 1.29 is 24.6 Å². The molecule has 0 aromatic heterocycles. The Morgan fingerprint density at radius 1 is 0.800 bits per heavy atom. The molecule has 2 aromatic carbocycles. The van der Waals surface area contributed by atoms with E-state index in [4.69, 9.17) is 0 Å². The van der Waals surface area contributed by atoms with E-state index in [-0.39, 0.29) is 33.2 Å². The Morgan fingerprint density at radius 2 is 1.25 bits per heavy atom. The molecule has 5 nitrogen and oxygen atoms in total. The summed E-state index contributed by atoms with van der Waals surface area (Å²) in [5.41, 5.74) is 0.606. The van der Waals surface area contributed by atoms with Gasteiger partial charge in [0, 0.05) is 23.3 Å². The van der Waals surface area contributed by atoms with Crippen molar-refractivity contribution in [3.05, 3.63) is 47.5 Å². The van der Waals surface area contributed by atoms with Gasteiger partial charge in [-0.1, -0.05) is 0 Å². The maximum Gasteiger partial charge on any atom is 0.157 e. The van der Waals surface area contributed by atoms with Crippen molar-refractivity contribution in [2.75, 3.05) is 0 Å². The summed E-state index contributed by atoms with van der Waals surface area (Å²) in [4.78, 5) is 0.333. The van der Waals surface area contributed by atoms with Gasteiger partial charge in [-0.2, -0.15) is 0 Å². The molecule has 0 fully saturated rings. The van der Waals surface area contributed by atoms with Gasteiger partial charge < -0.3 is 20.4 Å². The van der Waals surface area contributed by atoms with Crippen LogP contribution in [0.25, 0.3) is 0 Å². The van der Waals surface area contributed by atoms with Crippen LogP contribution in [0.4, 0.5) is 0 Å². The highest BCUT2D eigenvalue weighted by Gasteiger charge is 2.14. The number of hydrogen-bond acceptors (Lipinski definition) is 5. The van der Waals surface area contributed by atoms with Crippen LogP contribution < -0.4 is 0 Å². The van der Waals surface area contributed by atoms with Crippen LogP contribution in [-0.4, -0.2) is 29.5 Å². The topological polar surface area (TPSA) is 98.0 Å². The van der Waals surface area contributed by atoms with Gasteiger partial charge in [-0.25, -0.2) is 4.21 Å². The lowest BCUT2D eigenvalue weighted by molar-refractivity contribution is 0.449. The minimum absolute atomic E-state index is 0.111. The first-order chi connectivity index (χ1) is 9.52. The zero-order valence-electron chi connectivity index (χ0n) is 9.98. The Balaban J connectivity index is 2.70. The average molecular weight is 310 g/mol. The van der Waals surface area contributed by atoms with Crippen LogP contribution in [0.5, 0.6) is 23.0 Å². The van der Waals surface area contributed by atoms with Crippen molar-refractivity contribution in [3.8, 4) is 23.0 Å². The predicted molar refractivity (Wildman–Crippen MR) is 78.3 cm³/mol. The summed E-state index contributed by atoms with van der Waals surface area (Å²) < 4.78 is 10.8. The Morgan fingerprint density at radius 3 is 1.60 bits per heavy atom. The number of rotatable bonds is 2. The van der Waals surface area contributed by atoms with Gasteiger partial charge in [0.1, 0.15) is 23.0 Å². The molecular formula is C13H10O5S2. The summed E-state index contributed by atoms with van der Waals surface area (Å²) in [7, 11) is 1.02. The fourth-order valence-electron chi connectivity index (χ4n) is 1.69. The standard InChI is InChI=1S/C13H10O5S2/c14-7-1-3-9(11(16)5-7)13(19-20-18)10-4-2-8(15)6-12(10)17/h1-6,14-17H. The second kappa shape index (κ2) is 5.81. The maximum atomic E-state index is 10.8. The van der Waals surface area contributed by atoms with Crippen LogP contribution >= 0.6 is 0 Å². The first-order valence-electron chi connectivity index (χ1n) is 5.41. The minimum atomic E-state index is -0.214. The van der Waals surface area contributed by atoms with Crippen molar-refractivity contribution in [1.29, 1.82) is 0 Å². The first kappa shape index (κ1) is 14.2. The van der Waals surface area contributed by atoms with Gasteiger partial charge in [-0.05, 0) is 34.2 Å².